The summed E-state index contributed by atoms with van der Waals surface area (Å²) in [6.45, 7) is 1.61. The second-order valence-corrected chi connectivity index (χ2v) is 6.60. The first-order valence-electron chi connectivity index (χ1n) is 8.96. The van der Waals surface area contributed by atoms with Gasteiger partial charge in [-0.3, -0.25) is 9.69 Å². The van der Waals surface area contributed by atoms with Gasteiger partial charge in [-0.2, -0.15) is 4.68 Å². The number of ketones is 1. The zero-order chi connectivity index (χ0) is 17.8. The van der Waals surface area contributed by atoms with Gasteiger partial charge in [0, 0.05) is 18.0 Å². The minimum atomic E-state index is 0.199. The maximum Gasteiger partial charge on any atom is 0.170 e. The molecular formula is C20H21N5O. The van der Waals surface area contributed by atoms with Crippen molar-refractivity contribution in [2.75, 3.05) is 6.54 Å². The Hall–Kier alpha value is -2.86. The lowest BCUT2D eigenvalue weighted by Crippen LogP contribution is -2.32. The third-order valence-corrected chi connectivity index (χ3v) is 4.90. The number of benzene rings is 2. The zero-order valence-electron chi connectivity index (χ0n) is 14.5. The van der Waals surface area contributed by atoms with Crippen LogP contribution in [0.1, 0.15) is 35.4 Å². The highest BCUT2D eigenvalue weighted by molar-refractivity contribution is 5.96. The van der Waals surface area contributed by atoms with E-state index in [1.807, 2.05) is 60.7 Å². The maximum atomic E-state index is 12.6. The van der Waals surface area contributed by atoms with Crippen molar-refractivity contribution in [1.82, 2.24) is 25.1 Å². The molecule has 0 amide bonds. The van der Waals surface area contributed by atoms with Gasteiger partial charge in [-0.15, -0.1) is 5.10 Å². The summed E-state index contributed by atoms with van der Waals surface area (Å²) in [6.07, 6.45) is 2.67. The molecule has 0 unspecified atom stereocenters. The van der Waals surface area contributed by atoms with Crippen LogP contribution in [0.5, 0.6) is 0 Å². The molecule has 6 nitrogen and oxygen atoms in total. The minimum Gasteiger partial charge on any atom is -0.294 e. The highest BCUT2D eigenvalue weighted by atomic mass is 16.1. The third kappa shape index (κ3) is 3.55. The third-order valence-electron chi connectivity index (χ3n) is 4.90. The molecule has 2 aromatic carbocycles. The number of hydrogen-bond acceptors (Lipinski definition) is 5. The fourth-order valence-electron chi connectivity index (χ4n) is 3.55. The maximum absolute atomic E-state index is 12.6. The van der Waals surface area contributed by atoms with E-state index in [4.69, 9.17) is 0 Å². The van der Waals surface area contributed by atoms with E-state index in [1.54, 1.807) is 4.68 Å². The number of Topliss-reactive ketones (excluding diaryl/α,β-unsaturated/α-hetero) is 1. The SMILES string of the molecule is O=C(C[C@H]1CCCN1Cc1nnnn1-c1ccccc1)c1ccccc1. The number of aromatic nitrogens is 4. The lowest BCUT2D eigenvalue weighted by Gasteiger charge is -2.23. The summed E-state index contributed by atoms with van der Waals surface area (Å²) < 4.78 is 1.77. The van der Waals surface area contributed by atoms with Crippen molar-refractivity contribution in [1.29, 1.82) is 0 Å². The smallest absolute Gasteiger partial charge is 0.170 e. The molecule has 0 aliphatic carbocycles. The molecule has 1 fully saturated rings. The van der Waals surface area contributed by atoms with Crippen molar-refractivity contribution < 1.29 is 4.79 Å². The summed E-state index contributed by atoms with van der Waals surface area (Å²) in [4.78, 5) is 14.9. The van der Waals surface area contributed by atoms with E-state index in [1.165, 1.54) is 0 Å². The Bertz CT molecular complexity index is 862. The van der Waals surface area contributed by atoms with Crippen LogP contribution in [0.2, 0.25) is 0 Å². The molecule has 1 aliphatic heterocycles. The van der Waals surface area contributed by atoms with Gasteiger partial charge in [0.05, 0.1) is 12.2 Å². The molecule has 26 heavy (non-hydrogen) atoms. The van der Waals surface area contributed by atoms with Crippen LogP contribution in [0.25, 0.3) is 5.69 Å². The van der Waals surface area contributed by atoms with Crippen LogP contribution in [0, 0.1) is 0 Å². The van der Waals surface area contributed by atoms with E-state index in [9.17, 15) is 4.79 Å². The molecule has 3 aromatic rings. The van der Waals surface area contributed by atoms with Crippen molar-refractivity contribution >= 4 is 5.78 Å². The van der Waals surface area contributed by atoms with E-state index in [0.29, 0.717) is 13.0 Å². The van der Waals surface area contributed by atoms with Gasteiger partial charge in [0.1, 0.15) is 0 Å². The van der Waals surface area contributed by atoms with E-state index in [-0.39, 0.29) is 11.8 Å². The lowest BCUT2D eigenvalue weighted by atomic mass is 10.0. The number of hydrogen-bond donors (Lipinski definition) is 0. The minimum absolute atomic E-state index is 0.199. The summed E-state index contributed by atoms with van der Waals surface area (Å²) >= 11 is 0. The van der Waals surface area contributed by atoms with Crippen LogP contribution in [-0.2, 0) is 6.54 Å². The van der Waals surface area contributed by atoms with Gasteiger partial charge in [0.25, 0.3) is 0 Å². The van der Waals surface area contributed by atoms with Gasteiger partial charge in [-0.05, 0) is 41.9 Å². The van der Waals surface area contributed by atoms with Crippen molar-refractivity contribution in [3.8, 4) is 5.69 Å². The Labute approximate surface area is 152 Å². The molecule has 6 heteroatoms. The van der Waals surface area contributed by atoms with Crippen LogP contribution in [-0.4, -0.2) is 43.5 Å². The predicted molar refractivity (Wildman–Crippen MR) is 98.0 cm³/mol. The number of rotatable bonds is 6. The summed E-state index contributed by atoms with van der Waals surface area (Å²) in [7, 11) is 0. The van der Waals surface area contributed by atoms with E-state index in [0.717, 1.165) is 36.5 Å². The number of para-hydroxylation sites is 1. The second-order valence-electron chi connectivity index (χ2n) is 6.60. The van der Waals surface area contributed by atoms with E-state index in [2.05, 4.69) is 20.4 Å². The Morgan fingerprint density at radius 2 is 1.77 bits per heavy atom. The molecule has 132 valence electrons. The normalized spacial score (nSPS) is 17.5. The Morgan fingerprint density at radius 3 is 2.54 bits per heavy atom. The summed E-state index contributed by atoms with van der Waals surface area (Å²) in [5.74, 6) is 1.00. The van der Waals surface area contributed by atoms with E-state index >= 15 is 0 Å². The molecule has 1 atom stereocenters. The molecule has 0 N–H and O–H groups in total. The van der Waals surface area contributed by atoms with Crippen molar-refractivity contribution in [2.24, 2.45) is 0 Å². The first-order chi connectivity index (χ1) is 12.8. The predicted octanol–water partition coefficient (Wildman–Crippen LogP) is 2.90. The quantitative estimate of drug-likeness (QED) is 0.642. The molecule has 0 radical (unpaired) electrons. The van der Waals surface area contributed by atoms with Crippen LogP contribution < -0.4 is 0 Å². The Kier molecular flexibility index (Phi) is 4.84. The van der Waals surface area contributed by atoms with Crippen LogP contribution in [0.15, 0.2) is 60.7 Å². The Balaban J connectivity index is 1.47. The molecule has 2 heterocycles. The monoisotopic (exact) mass is 347 g/mol. The van der Waals surface area contributed by atoms with Crippen LogP contribution in [0.3, 0.4) is 0 Å². The highest BCUT2D eigenvalue weighted by Crippen LogP contribution is 2.24. The number of tetrazole rings is 1. The second kappa shape index (κ2) is 7.58. The van der Waals surface area contributed by atoms with Gasteiger partial charge in [-0.25, -0.2) is 0 Å². The summed E-state index contributed by atoms with van der Waals surface area (Å²) in [6, 6.07) is 19.7. The highest BCUT2D eigenvalue weighted by Gasteiger charge is 2.28. The largest absolute Gasteiger partial charge is 0.294 e. The fraction of sp³-hybridized carbons (Fsp3) is 0.300. The summed E-state index contributed by atoms with van der Waals surface area (Å²) in [5, 5.41) is 12.2. The number of likely N-dealkylation sites (tertiary alicyclic amines) is 1. The Morgan fingerprint density at radius 1 is 1.04 bits per heavy atom. The number of carbonyl (C=O) groups is 1. The topological polar surface area (TPSA) is 63.9 Å². The fourth-order valence-corrected chi connectivity index (χ4v) is 3.55. The molecule has 1 aliphatic rings. The molecule has 0 saturated carbocycles. The van der Waals surface area contributed by atoms with Crippen molar-refractivity contribution in [3.05, 3.63) is 72.1 Å². The summed E-state index contributed by atoms with van der Waals surface area (Å²) in [5.41, 5.74) is 1.73. The molecule has 4 rings (SSSR count). The van der Waals surface area contributed by atoms with Gasteiger partial charge < -0.3 is 0 Å². The average Bonchev–Trinajstić information content (AvgIpc) is 3.33. The first kappa shape index (κ1) is 16.6. The number of nitrogens with zero attached hydrogens (tertiary/aromatic N) is 5. The first-order valence-corrected chi connectivity index (χ1v) is 8.96. The zero-order valence-corrected chi connectivity index (χ0v) is 14.5. The molecular weight excluding hydrogens is 326 g/mol. The lowest BCUT2D eigenvalue weighted by molar-refractivity contribution is 0.0937. The van der Waals surface area contributed by atoms with Gasteiger partial charge in [-0.1, -0.05) is 48.5 Å². The molecule has 0 bridgehead atoms. The standard InChI is InChI=1S/C20H21N5O/c26-19(16-8-3-1-4-9-16)14-18-12-7-13-24(18)15-20-21-22-23-25(20)17-10-5-2-6-11-17/h1-6,8-11,18H,7,12-15H2/t18-/m1/s1. The van der Waals surface area contributed by atoms with Gasteiger partial charge >= 0.3 is 0 Å². The van der Waals surface area contributed by atoms with Crippen molar-refractivity contribution in [2.45, 2.75) is 31.8 Å². The molecule has 0 spiro atoms. The van der Waals surface area contributed by atoms with E-state index < -0.39 is 0 Å². The number of carbonyl (C=O) groups excluding carboxylic acids is 1. The average molecular weight is 347 g/mol. The van der Waals surface area contributed by atoms with Crippen molar-refractivity contribution in [3.63, 3.8) is 0 Å². The van der Waals surface area contributed by atoms with Gasteiger partial charge in [0.2, 0.25) is 0 Å². The molecule has 1 aromatic heterocycles. The van der Waals surface area contributed by atoms with Gasteiger partial charge in [0.15, 0.2) is 11.6 Å². The molecule has 1 saturated heterocycles. The van der Waals surface area contributed by atoms with Crippen LogP contribution in [0.4, 0.5) is 0 Å². The van der Waals surface area contributed by atoms with Crippen LogP contribution >= 0.6 is 0 Å².